The molecule has 1 fully saturated rings. The molecule has 9 nitrogen and oxygen atoms in total. The molecular weight excluding hydrogens is 462 g/mol. The van der Waals surface area contributed by atoms with Crippen molar-refractivity contribution < 1.29 is 13.6 Å². The molecule has 4 aromatic rings. The second kappa shape index (κ2) is 8.35. The first-order valence-corrected chi connectivity index (χ1v) is 11.5. The first-order chi connectivity index (χ1) is 16.2. The maximum Gasteiger partial charge on any atom is 0.264 e. The van der Waals surface area contributed by atoms with E-state index in [9.17, 15) is 13.6 Å². The molecule has 0 aromatic carbocycles. The highest BCUT2D eigenvalue weighted by atomic mass is 32.1. The highest BCUT2D eigenvalue weighted by molar-refractivity contribution is 7.20. The second-order valence-electron chi connectivity index (χ2n) is 8.38. The number of piperidine rings is 1. The van der Waals surface area contributed by atoms with Gasteiger partial charge >= 0.3 is 0 Å². The van der Waals surface area contributed by atoms with Crippen LogP contribution in [0.25, 0.3) is 33.0 Å². The van der Waals surface area contributed by atoms with Gasteiger partial charge in [0.2, 0.25) is 5.95 Å². The van der Waals surface area contributed by atoms with Crippen molar-refractivity contribution in [3.8, 4) is 22.8 Å². The SMILES string of the molecule is CN(C)c1ncc(-c2nc(-c3ccnn3C)c3cc(C(=O)N4CCC(F)(F)CC4)sc3n2)cn1. The summed E-state index contributed by atoms with van der Waals surface area (Å²) in [6.07, 6.45) is 4.34. The first kappa shape index (κ1) is 22.3. The van der Waals surface area contributed by atoms with Crippen LogP contribution in [0.15, 0.2) is 30.7 Å². The van der Waals surface area contributed by atoms with E-state index in [-0.39, 0.29) is 31.8 Å². The van der Waals surface area contributed by atoms with Crippen LogP contribution in [0.2, 0.25) is 0 Å². The summed E-state index contributed by atoms with van der Waals surface area (Å²) in [7, 11) is 5.52. The third-order valence-electron chi connectivity index (χ3n) is 5.75. The van der Waals surface area contributed by atoms with Crippen LogP contribution in [0, 0.1) is 0 Å². The quantitative estimate of drug-likeness (QED) is 0.438. The Balaban J connectivity index is 1.58. The summed E-state index contributed by atoms with van der Waals surface area (Å²) in [6.45, 7) is 0.0579. The average molecular weight is 485 g/mol. The van der Waals surface area contributed by atoms with Crippen molar-refractivity contribution in [2.45, 2.75) is 18.8 Å². The molecule has 0 bridgehead atoms. The summed E-state index contributed by atoms with van der Waals surface area (Å²) in [5.41, 5.74) is 2.02. The standard InChI is InChI=1S/C22H22F2N8OS/c1-30(2)21-25-11-13(12-26-21)18-28-17(15-4-7-27-31(15)3)14-10-16(34-19(14)29-18)20(33)32-8-5-22(23,24)6-9-32/h4,7,10-12H,5-6,8-9H2,1-3H3. The number of likely N-dealkylation sites (tertiary alicyclic amines) is 1. The Bertz CT molecular complexity index is 1360. The van der Waals surface area contributed by atoms with Gasteiger partial charge in [-0.25, -0.2) is 28.7 Å². The fraction of sp³-hybridized carbons (Fsp3) is 0.364. The first-order valence-electron chi connectivity index (χ1n) is 10.7. The van der Waals surface area contributed by atoms with E-state index in [1.165, 1.54) is 16.2 Å². The fourth-order valence-electron chi connectivity index (χ4n) is 3.82. The average Bonchev–Trinajstić information content (AvgIpc) is 3.44. The van der Waals surface area contributed by atoms with Crippen molar-refractivity contribution in [1.29, 1.82) is 0 Å². The number of carbonyl (C=O) groups is 1. The van der Waals surface area contributed by atoms with Gasteiger partial charge in [0.05, 0.1) is 16.1 Å². The minimum absolute atomic E-state index is 0.0289. The number of fused-ring (bicyclic) bond motifs is 1. The van der Waals surface area contributed by atoms with Gasteiger partial charge in [0.15, 0.2) is 5.82 Å². The van der Waals surface area contributed by atoms with Crippen molar-refractivity contribution in [3.63, 3.8) is 0 Å². The van der Waals surface area contributed by atoms with E-state index in [0.717, 1.165) is 5.69 Å². The minimum Gasteiger partial charge on any atom is -0.347 e. The van der Waals surface area contributed by atoms with Crippen LogP contribution in [0.1, 0.15) is 22.5 Å². The molecule has 0 atom stereocenters. The molecule has 0 aliphatic carbocycles. The lowest BCUT2D eigenvalue weighted by Gasteiger charge is -2.31. The summed E-state index contributed by atoms with van der Waals surface area (Å²) in [6, 6.07) is 3.58. The predicted octanol–water partition coefficient (Wildman–Crippen LogP) is 3.49. The van der Waals surface area contributed by atoms with E-state index < -0.39 is 5.92 Å². The lowest BCUT2D eigenvalue weighted by Crippen LogP contribution is -2.42. The van der Waals surface area contributed by atoms with E-state index in [4.69, 9.17) is 4.98 Å². The number of thiophene rings is 1. The number of hydrogen-bond donors (Lipinski definition) is 0. The van der Waals surface area contributed by atoms with E-state index >= 15 is 0 Å². The largest absolute Gasteiger partial charge is 0.347 e. The van der Waals surface area contributed by atoms with E-state index in [1.54, 1.807) is 34.2 Å². The van der Waals surface area contributed by atoms with Gasteiger partial charge in [-0.3, -0.25) is 9.48 Å². The molecule has 5 rings (SSSR count). The Morgan fingerprint density at radius 1 is 1.15 bits per heavy atom. The molecule has 0 spiro atoms. The van der Waals surface area contributed by atoms with Crippen LogP contribution < -0.4 is 4.90 Å². The van der Waals surface area contributed by atoms with E-state index in [0.29, 0.717) is 38.1 Å². The van der Waals surface area contributed by atoms with Crippen molar-refractivity contribution in [2.75, 3.05) is 32.1 Å². The second-order valence-corrected chi connectivity index (χ2v) is 9.41. The molecule has 12 heteroatoms. The number of amides is 1. The summed E-state index contributed by atoms with van der Waals surface area (Å²) < 4.78 is 28.8. The van der Waals surface area contributed by atoms with Gasteiger partial charge in [-0.1, -0.05) is 0 Å². The number of aromatic nitrogens is 6. The normalized spacial score (nSPS) is 15.6. The number of rotatable bonds is 4. The lowest BCUT2D eigenvalue weighted by molar-refractivity contribution is -0.0493. The zero-order valence-corrected chi connectivity index (χ0v) is 19.7. The van der Waals surface area contributed by atoms with Crippen LogP contribution in [0.4, 0.5) is 14.7 Å². The molecule has 1 amide bonds. The summed E-state index contributed by atoms with van der Waals surface area (Å²) in [4.78, 5) is 35.6. The van der Waals surface area contributed by atoms with Gasteiger partial charge < -0.3 is 9.80 Å². The van der Waals surface area contributed by atoms with Gasteiger partial charge in [-0.05, 0) is 12.1 Å². The zero-order chi connectivity index (χ0) is 24.0. The third kappa shape index (κ3) is 4.09. The summed E-state index contributed by atoms with van der Waals surface area (Å²) in [5.74, 6) is -2.00. The Kier molecular flexibility index (Phi) is 5.47. The van der Waals surface area contributed by atoms with E-state index in [2.05, 4.69) is 20.1 Å². The number of halogens is 2. The topological polar surface area (TPSA) is 92.9 Å². The summed E-state index contributed by atoms with van der Waals surface area (Å²) in [5, 5.41) is 4.95. The van der Waals surface area contributed by atoms with Gasteiger partial charge in [0.1, 0.15) is 10.5 Å². The zero-order valence-electron chi connectivity index (χ0n) is 18.9. The Morgan fingerprint density at radius 3 is 2.47 bits per heavy atom. The number of carbonyl (C=O) groups excluding carboxylic acids is 1. The molecule has 0 saturated carbocycles. The molecule has 34 heavy (non-hydrogen) atoms. The van der Waals surface area contributed by atoms with Crippen LogP contribution in [0.5, 0.6) is 0 Å². The Morgan fingerprint density at radius 2 is 1.85 bits per heavy atom. The molecule has 1 saturated heterocycles. The van der Waals surface area contributed by atoms with Crippen LogP contribution in [-0.4, -0.2) is 73.6 Å². The van der Waals surface area contributed by atoms with Crippen molar-refractivity contribution >= 4 is 33.4 Å². The Hall–Kier alpha value is -3.54. The van der Waals surface area contributed by atoms with Crippen molar-refractivity contribution in [2.24, 2.45) is 7.05 Å². The molecule has 0 unspecified atom stereocenters. The number of anilines is 1. The minimum atomic E-state index is -2.71. The van der Waals surface area contributed by atoms with Crippen LogP contribution in [0.3, 0.4) is 0 Å². The van der Waals surface area contributed by atoms with Crippen molar-refractivity contribution in [3.05, 3.63) is 35.6 Å². The molecule has 0 radical (unpaired) electrons. The number of nitrogens with zero attached hydrogens (tertiary/aromatic N) is 8. The number of hydrogen-bond acceptors (Lipinski definition) is 8. The maximum atomic E-state index is 13.6. The molecule has 1 aliphatic rings. The molecule has 1 aliphatic heterocycles. The predicted molar refractivity (Wildman–Crippen MR) is 125 cm³/mol. The van der Waals surface area contributed by atoms with Gasteiger partial charge in [-0.15, -0.1) is 11.3 Å². The van der Waals surface area contributed by atoms with E-state index in [1.807, 2.05) is 27.2 Å². The summed E-state index contributed by atoms with van der Waals surface area (Å²) >= 11 is 1.22. The van der Waals surface area contributed by atoms with Gasteiger partial charge in [0, 0.05) is 71.1 Å². The van der Waals surface area contributed by atoms with Crippen LogP contribution in [-0.2, 0) is 7.05 Å². The molecule has 176 valence electrons. The molecule has 4 aromatic heterocycles. The molecular formula is C22H22F2N8OS. The highest BCUT2D eigenvalue weighted by Gasteiger charge is 2.36. The maximum absolute atomic E-state index is 13.6. The molecule has 0 N–H and O–H groups in total. The number of alkyl halides is 2. The smallest absolute Gasteiger partial charge is 0.264 e. The highest BCUT2D eigenvalue weighted by Crippen LogP contribution is 2.35. The van der Waals surface area contributed by atoms with Crippen molar-refractivity contribution in [1.82, 2.24) is 34.6 Å². The van der Waals surface area contributed by atoms with Crippen LogP contribution >= 0.6 is 11.3 Å². The Labute approximate surface area is 198 Å². The molecule has 5 heterocycles. The lowest BCUT2D eigenvalue weighted by atomic mass is 10.1. The van der Waals surface area contributed by atoms with Gasteiger partial charge in [-0.2, -0.15) is 5.10 Å². The fourth-order valence-corrected chi connectivity index (χ4v) is 4.82. The monoisotopic (exact) mass is 484 g/mol. The number of aryl methyl sites for hydroxylation is 1. The third-order valence-corrected chi connectivity index (χ3v) is 6.76. The van der Waals surface area contributed by atoms with Gasteiger partial charge in [0.25, 0.3) is 11.8 Å².